The van der Waals surface area contributed by atoms with Crippen molar-refractivity contribution in [3.63, 3.8) is 0 Å². The number of rotatable bonds is 7. The van der Waals surface area contributed by atoms with Crippen LogP contribution < -0.4 is 10.1 Å². The van der Waals surface area contributed by atoms with E-state index in [2.05, 4.69) is 36.3 Å². The Bertz CT molecular complexity index is 328. The molecule has 1 aromatic rings. The first-order valence-electron chi connectivity index (χ1n) is 6.30. The molecule has 0 heterocycles. The van der Waals surface area contributed by atoms with E-state index in [1.165, 1.54) is 5.56 Å². The van der Waals surface area contributed by atoms with Crippen molar-refractivity contribution in [1.29, 1.82) is 0 Å². The molecule has 1 N–H and O–H groups in total. The highest BCUT2D eigenvalue weighted by atomic mass is 16.5. The summed E-state index contributed by atoms with van der Waals surface area (Å²) in [4.78, 5) is 2.30. The molecule has 3 nitrogen and oxygen atoms in total. The SMILES string of the molecule is CCOc1ccccc1C(CN(C)CC)NC. The van der Waals surface area contributed by atoms with Crippen molar-refractivity contribution < 1.29 is 4.74 Å². The van der Waals surface area contributed by atoms with Gasteiger partial charge < -0.3 is 15.0 Å². The van der Waals surface area contributed by atoms with E-state index in [1.807, 2.05) is 26.1 Å². The fraction of sp³-hybridized carbons (Fsp3) is 0.571. The predicted octanol–water partition coefficient (Wildman–Crippen LogP) is 2.30. The second-order valence-corrected chi connectivity index (χ2v) is 4.17. The molecule has 3 heteroatoms. The van der Waals surface area contributed by atoms with Gasteiger partial charge in [-0.25, -0.2) is 0 Å². The van der Waals surface area contributed by atoms with E-state index < -0.39 is 0 Å². The van der Waals surface area contributed by atoms with Crippen LogP contribution in [0.5, 0.6) is 5.75 Å². The predicted molar refractivity (Wildman–Crippen MR) is 72.6 cm³/mol. The molecule has 0 aromatic heterocycles. The third kappa shape index (κ3) is 4.02. The van der Waals surface area contributed by atoms with Crippen LogP contribution in [0.2, 0.25) is 0 Å². The van der Waals surface area contributed by atoms with Gasteiger partial charge in [0.15, 0.2) is 0 Å². The molecule has 0 bridgehead atoms. The summed E-state index contributed by atoms with van der Waals surface area (Å²) in [6.07, 6.45) is 0. The largest absolute Gasteiger partial charge is 0.494 e. The second-order valence-electron chi connectivity index (χ2n) is 4.17. The Balaban J connectivity index is 2.86. The van der Waals surface area contributed by atoms with Gasteiger partial charge in [0.05, 0.1) is 6.61 Å². The topological polar surface area (TPSA) is 24.5 Å². The van der Waals surface area contributed by atoms with E-state index in [9.17, 15) is 0 Å². The average molecular weight is 236 g/mol. The van der Waals surface area contributed by atoms with Crippen LogP contribution in [0, 0.1) is 0 Å². The molecule has 1 atom stereocenters. The van der Waals surface area contributed by atoms with Crippen molar-refractivity contribution in [2.75, 3.05) is 33.8 Å². The lowest BCUT2D eigenvalue weighted by Gasteiger charge is -2.24. The van der Waals surface area contributed by atoms with Gasteiger partial charge in [-0.3, -0.25) is 0 Å². The molecule has 1 aromatic carbocycles. The zero-order chi connectivity index (χ0) is 12.7. The van der Waals surface area contributed by atoms with Gasteiger partial charge in [-0.05, 0) is 33.6 Å². The van der Waals surface area contributed by atoms with Gasteiger partial charge in [0, 0.05) is 18.2 Å². The summed E-state index contributed by atoms with van der Waals surface area (Å²) >= 11 is 0. The van der Waals surface area contributed by atoms with E-state index in [-0.39, 0.29) is 0 Å². The lowest BCUT2D eigenvalue weighted by Crippen LogP contribution is -2.31. The normalized spacial score (nSPS) is 12.8. The van der Waals surface area contributed by atoms with E-state index in [4.69, 9.17) is 4.74 Å². The van der Waals surface area contributed by atoms with Crippen molar-refractivity contribution in [3.8, 4) is 5.75 Å². The van der Waals surface area contributed by atoms with E-state index in [1.54, 1.807) is 0 Å². The molecule has 17 heavy (non-hydrogen) atoms. The number of hydrogen-bond donors (Lipinski definition) is 1. The number of hydrogen-bond acceptors (Lipinski definition) is 3. The highest BCUT2D eigenvalue weighted by Crippen LogP contribution is 2.25. The number of likely N-dealkylation sites (N-methyl/N-ethyl adjacent to an activating group) is 2. The molecule has 0 saturated heterocycles. The Morgan fingerprint density at radius 2 is 2.00 bits per heavy atom. The Hall–Kier alpha value is -1.06. The Morgan fingerprint density at radius 1 is 1.29 bits per heavy atom. The second kappa shape index (κ2) is 7.30. The molecule has 0 fully saturated rings. The zero-order valence-corrected chi connectivity index (χ0v) is 11.4. The molecule has 0 aliphatic rings. The Labute approximate surface area is 105 Å². The van der Waals surface area contributed by atoms with Crippen molar-refractivity contribution in [1.82, 2.24) is 10.2 Å². The Kier molecular flexibility index (Phi) is 6.01. The maximum atomic E-state index is 5.68. The molecule has 1 rings (SSSR count). The minimum Gasteiger partial charge on any atom is -0.494 e. The molecular formula is C14H24N2O. The van der Waals surface area contributed by atoms with Crippen LogP contribution in [0.4, 0.5) is 0 Å². The number of nitrogens with one attached hydrogen (secondary N) is 1. The van der Waals surface area contributed by atoms with Crippen molar-refractivity contribution in [2.24, 2.45) is 0 Å². The first-order chi connectivity index (χ1) is 8.22. The first kappa shape index (κ1) is 14.0. The standard InChI is InChI=1S/C14H24N2O/c1-5-16(4)11-13(15-3)12-9-7-8-10-14(12)17-6-2/h7-10,13,15H,5-6,11H2,1-4H3. The van der Waals surface area contributed by atoms with Crippen molar-refractivity contribution in [3.05, 3.63) is 29.8 Å². The first-order valence-corrected chi connectivity index (χ1v) is 6.30. The molecule has 0 spiro atoms. The van der Waals surface area contributed by atoms with Crippen LogP contribution >= 0.6 is 0 Å². The third-order valence-electron chi connectivity index (χ3n) is 2.98. The van der Waals surface area contributed by atoms with Gasteiger partial charge in [0.1, 0.15) is 5.75 Å². The number of benzene rings is 1. The van der Waals surface area contributed by atoms with E-state index in [0.29, 0.717) is 12.6 Å². The lowest BCUT2D eigenvalue weighted by molar-refractivity contribution is 0.296. The number of para-hydroxylation sites is 1. The molecule has 96 valence electrons. The van der Waals surface area contributed by atoms with Gasteiger partial charge in [0.2, 0.25) is 0 Å². The highest BCUT2D eigenvalue weighted by Gasteiger charge is 2.15. The van der Waals surface area contributed by atoms with Gasteiger partial charge in [-0.1, -0.05) is 25.1 Å². The van der Waals surface area contributed by atoms with Crippen LogP contribution in [0.25, 0.3) is 0 Å². The van der Waals surface area contributed by atoms with Crippen LogP contribution in [-0.2, 0) is 0 Å². The minimum atomic E-state index is 0.308. The quantitative estimate of drug-likeness (QED) is 0.786. The Morgan fingerprint density at radius 3 is 2.59 bits per heavy atom. The zero-order valence-electron chi connectivity index (χ0n) is 11.4. The third-order valence-corrected chi connectivity index (χ3v) is 2.98. The van der Waals surface area contributed by atoms with Crippen LogP contribution in [-0.4, -0.2) is 38.7 Å². The maximum Gasteiger partial charge on any atom is 0.124 e. The summed E-state index contributed by atoms with van der Waals surface area (Å²) in [6.45, 7) is 6.92. The van der Waals surface area contributed by atoms with E-state index in [0.717, 1.165) is 18.8 Å². The smallest absolute Gasteiger partial charge is 0.124 e. The summed E-state index contributed by atoms with van der Waals surface area (Å²) in [5.74, 6) is 0.985. The van der Waals surface area contributed by atoms with Crippen LogP contribution in [0.1, 0.15) is 25.5 Å². The van der Waals surface area contributed by atoms with Gasteiger partial charge in [-0.15, -0.1) is 0 Å². The molecule has 0 aliphatic heterocycles. The van der Waals surface area contributed by atoms with Crippen LogP contribution in [0.3, 0.4) is 0 Å². The summed E-state index contributed by atoms with van der Waals surface area (Å²) in [7, 11) is 4.13. The van der Waals surface area contributed by atoms with Crippen molar-refractivity contribution in [2.45, 2.75) is 19.9 Å². The van der Waals surface area contributed by atoms with Crippen LogP contribution in [0.15, 0.2) is 24.3 Å². The molecule has 0 amide bonds. The fourth-order valence-electron chi connectivity index (χ4n) is 1.84. The van der Waals surface area contributed by atoms with Gasteiger partial charge >= 0.3 is 0 Å². The van der Waals surface area contributed by atoms with Gasteiger partial charge in [-0.2, -0.15) is 0 Å². The summed E-state index contributed by atoms with van der Waals surface area (Å²) in [5, 5.41) is 3.36. The fourth-order valence-corrected chi connectivity index (χ4v) is 1.84. The number of ether oxygens (including phenoxy) is 1. The molecule has 0 aliphatic carbocycles. The summed E-state index contributed by atoms with van der Waals surface area (Å²) in [6, 6.07) is 8.56. The lowest BCUT2D eigenvalue weighted by atomic mass is 10.1. The number of nitrogens with zero attached hydrogens (tertiary/aromatic N) is 1. The summed E-state index contributed by atoms with van der Waals surface area (Å²) in [5.41, 5.74) is 1.23. The van der Waals surface area contributed by atoms with Crippen molar-refractivity contribution >= 4 is 0 Å². The monoisotopic (exact) mass is 236 g/mol. The maximum absolute atomic E-state index is 5.68. The average Bonchev–Trinajstić information content (AvgIpc) is 2.37. The molecule has 1 unspecified atom stereocenters. The van der Waals surface area contributed by atoms with Gasteiger partial charge in [0.25, 0.3) is 0 Å². The summed E-state index contributed by atoms with van der Waals surface area (Å²) < 4.78 is 5.68. The highest BCUT2D eigenvalue weighted by molar-refractivity contribution is 5.36. The molecular weight excluding hydrogens is 212 g/mol. The van der Waals surface area contributed by atoms with E-state index >= 15 is 0 Å². The molecule has 0 saturated carbocycles. The minimum absolute atomic E-state index is 0.308. The molecule has 0 radical (unpaired) electrons.